The van der Waals surface area contributed by atoms with Crippen molar-refractivity contribution < 1.29 is 13.2 Å². The van der Waals surface area contributed by atoms with Crippen molar-refractivity contribution in [1.82, 2.24) is 0 Å². The molecule has 19 heavy (non-hydrogen) atoms. The number of nitrogens with zero attached hydrogens (tertiary/aromatic N) is 1. The molecule has 1 amide bonds. The van der Waals surface area contributed by atoms with Gasteiger partial charge in [-0.05, 0) is 24.6 Å². The summed E-state index contributed by atoms with van der Waals surface area (Å²) in [5, 5.41) is 0.498. The van der Waals surface area contributed by atoms with Crippen molar-refractivity contribution in [2.75, 3.05) is 16.4 Å². The number of carbonyl (C=O) groups is 1. The molecule has 0 radical (unpaired) electrons. The highest BCUT2D eigenvalue weighted by atomic mass is 35.5. The Bertz CT molecular complexity index is 656. The van der Waals surface area contributed by atoms with Crippen LogP contribution in [-0.2, 0) is 14.6 Å². The molecule has 102 valence electrons. The minimum atomic E-state index is -3.03. The number of rotatable bonds is 1. The Morgan fingerprint density at radius 3 is 2.74 bits per heavy atom. The van der Waals surface area contributed by atoms with Gasteiger partial charge in [0.2, 0.25) is 5.91 Å². The third-order valence-electron chi connectivity index (χ3n) is 3.84. The lowest BCUT2D eigenvalue weighted by molar-refractivity contribution is -0.117. The number of carbonyl (C=O) groups excluding carboxylic acids is 1. The molecule has 2 saturated heterocycles. The molecule has 0 saturated carbocycles. The van der Waals surface area contributed by atoms with Crippen molar-refractivity contribution in [1.29, 1.82) is 0 Å². The maximum atomic E-state index is 12.1. The summed E-state index contributed by atoms with van der Waals surface area (Å²) in [7, 11) is -3.03. The Labute approximate surface area is 117 Å². The zero-order valence-corrected chi connectivity index (χ0v) is 12.0. The minimum absolute atomic E-state index is 0.0318. The average molecular weight is 300 g/mol. The third-order valence-corrected chi connectivity index (χ3v) is 5.92. The first-order valence-corrected chi connectivity index (χ1v) is 8.36. The van der Waals surface area contributed by atoms with Crippen molar-refractivity contribution in [3.05, 3.63) is 28.8 Å². The molecule has 1 aromatic rings. The summed E-state index contributed by atoms with van der Waals surface area (Å²) >= 11 is 6.19. The molecule has 0 aromatic heterocycles. The molecule has 2 unspecified atom stereocenters. The monoisotopic (exact) mass is 299 g/mol. The second-order valence-corrected chi connectivity index (χ2v) is 7.89. The number of hydrogen-bond donors (Lipinski definition) is 0. The molecule has 2 heterocycles. The van der Waals surface area contributed by atoms with Gasteiger partial charge in [0.05, 0.1) is 28.3 Å². The molecular weight excluding hydrogens is 286 g/mol. The van der Waals surface area contributed by atoms with Crippen LogP contribution in [-0.4, -0.2) is 31.9 Å². The molecule has 1 aromatic carbocycles. The zero-order valence-electron chi connectivity index (χ0n) is 10.5. The minimum Gasteiger partial charge on any atom is -0.306 e. The van der Waals surface area contributed by atoms with Gasteiger partial charge in [-0.3, -0.25) is 4.79 Å². The first kappa shape index (κ1) is 12.9. The standard InChI is InChI=1S/C13H14ClNO3S/c1-8-2-3-11(10(14)4-8)15-12-7-19(17,18)6-9(12)5-13(15)16/h2-4,9,12H,5-7H2,1H3. The van der Waals surface area contributed by atoms with Gasteiger partial charge in [0, 0.05) is 12.3 Å². The second-order valence-electron chi connectivity index (χ2n) is 5.33. The predicted molar refractivity (Wildman–Crippen MR) is 74.2 cm³/mol. The SMILES string of the molecule is Cc1ccc(N2C(=O)CC3CS(=O)(=O)CC32)c(Cl)c1. The Balaban J connectivity index is 2.02. The van der Waals surface area contributed by atoms with Crippen LogP contribution < -0.4 is 4.90 Å². The molecule has 2 atom stereocenters. The predicted octanol–water partition coefficient (Wildman–Crippen LogP) is 1.80. The van der Waals surface area contributed by atoms with E-state index in [9.17, 15) is 13.2 Å². The number of sulfone groups is 1. The smallest absolute Gasteiger partial charge is 0.227 e. The van der Waals surface area contributed by atoms with Crippen LogP contribution in [0.4, 0.5) is 5.69 Å². The van der Waals surface area contributed by atoms with Crippen molar-refractivity contribution in [2.45, 2.75) is 19.4 Å². The first-order chi connectivity index (χ1) is 8.87. The number of fused-ring (bicyclic) bond motifs is 1. The maximum absolute atomic E-state index is 12.1. The van der Waals surface area contributed by atoms with Crippen LogP contribution in [0.15, 0.2) is 18.2 Å². The van der Waals surface area contributed by atoms with Crippen molar-refractivity contribution in [2.24, 2.45) is 5.92 Å². The lowest BCUT2D eigenvalue weighted by atomic mass is 10.0. The van der Waals surface area contributed by atoms with Crippen LogP contribution in [0, 0.1) is 12.8 Å². The van der Waals surface area contributed by atoms with Crippen molar-refractivity contribution >= 4 is 33.0 Å². The van der Waals surface area contributed by atoms with E-state index in [0.29, 0.717) is 17.1 Å². The van der Waals surface area contributed by atoms with Gasteiger partial charge in [0.25, 0.3) is 0 Å². The van der Waals surface area contributed by atoms with Crippen LogP contribution in [0.5, 0.6) is 0 Å². The van der Waals surface area contributed by atoms with Crippen molar-refractivity contribution in [3.63, 3.8) is 0 Å². The van der Waals surface area contributed by atoms with Crippen LogP contribution >= 0.6 is 11.6 Å². The number of hydrogen-bond acceptors (Lipinski definition) is 3. The highest BCUT2D eigenvalue weighted by molar-refractivity contribution is 7.91. The Hall–Kier alpha value is -1.07. The highest BCUT2D eigenvalue weighted by Gasteiger charge is 2.49. The summed E-state index contributed by atoms with van der Waals surface area (Å²) in [5.74, 6) is 0.0438. The van der Waals surface area contributed by atoms with Gasteiger partial charge < -0.3 is 4.90 Å². The van der Waals surface area contributed by atoms with Gasteiger partial charge in [0.15, 0.2) is 9.84 Å². The largest absolute Gasteiger partial charge is 0.306 e. The average Bonchev–Trinajstić information content (AvgIpc) is 2.70. The summed E-state index contributed by atoms with van der Waals surface area (Å²) in [6.45, 7) is 1.92. The highest BCUT2D eigenvalue weighted by Crippen LogP contribution is 2.39. The van der Waals surface area contributed by atoms with E-state index in [1.807, 2.05) is 13.0 Å². The van der Waals surface area contributed by atoms with Gasteiger partial charge in [-0.15, -0.1) is 0 Å². The zero-order chi connectivity index (χ0) is 13.8. The summed E-state index contributed by atoms with van der Waals surface area (Å²) in [5.41, 5.74) is 1.64. The van der Waals surface area contributed by atoms with Crippen molar-refractivity contribution in [3.8, 4) is 0 Å². The molecule has 2 aliphatic heterocycles. The summed E-state index contributed by atoms with van der Waals surface area (Å²) in [4.78, 5) is 13.7. The van der Waals surface area contributed by atoms with Crippen LogP contribution in [0.25, 0.3) is 0 Å². The Morgan fingerprint density at radius 2 is 2.05 bits per heavy atom. The molecule has 2 aliphatic rings. The molecule has 0 aliphatic carbocycles. The topological polar surface area (TPSA) is 54.5 Å². The number of amides is 1. The molecule has 6 heteroatoms. The molecule has 0 N–H and O–H groups in total. The fourth-order valence-corrected chi connectivity index (χ4v) is 5.41. The molecule has 2 fully saturated rings. The van der Waals surface area contributed by atoms with Gasteiger partial charge in [0.1, 0.15) is 0 Å². The van der Waals surface area contributed by atoms with Gasteiger partial charge in [-0.2, -0.15) is 0 Å². The lowest BCUT2D eigenvalue weighted by Crippen LogP contribution is -2.36. The molecule has 0 spiro atoms. The molecule has 4 nitrogen and oxygen atoms in total. The third kappa shape index (κ3) is 2.15. The molecule has 3 rings (SSSR count). The summed E-state index contributed by atoms with van der Waals surface area (Å²) in [6.07, 6.45) is 0.300. The fraction of sp³-hybridized carbons (Fsp3) is 0.462. The van der Waals surface area contributed by atoms with E-state index in [2.05, 4.69) is 0 Å². The van der Waals surface area contributed by atoms with Gasteiger partial charge >= 0.3 is 0 Å². The molecule has 0 bridgehead atoms. The van der Waals surface area contributed by atoms with E-state index in [4.69, 9.17) is 11.6 Å². The van der Waals surface area contributed by atoms with E-state index in [-0.39, 0.29) is 29.4 Å². The number of benzene rings is 1. The van der Waals surface area contributed by atoms with Crippen LogP contribution in [0.1, 0.15) is 12.0 Å². The second kappa shape index (κ2) is 4.21. The van der Waals surface area contributed by atoms with Gasteiger partial charge in [-0.25, -0.2) is 8.42 Å². The van der Waals surface area contributed by atoms with E-state index in [1.165, 1.54) is 0 Å². The number of aryl methyl sites for hydroxylation is 1. The first-order valence-electron chi connectivity index (χ1n) is 6.16. The van der Waals surface area contributed by atoms with E-state index in [0.717, 1.165) is 5.56 Å². The normalized spacial score (nSPS) is 28.7. The van der Waals surface area contributed by atoms with Crippen LogP contribution in [0.3, 0.4) is 0 Å². The number of anilines is 1. The quantitative estimate of drug-likeness (QED) is 0.794. The number of halogens is 1. The lowest BCUT2D eigenvalue weighted by Gasteiger charge is -2.24. The van der Waals surface area contributed by atoms with Crippen LogP contribution in [0.2, 0.25) is 5.02 Å². The maximum Gasteiger partial charge on any atom is 0.227 e. The van der Waals surface area contributed by atoms with E-state index in [1.54, 1.807) is 17.0 Å². The van der Waals surface area contributed by atoms with E-state index < -0.39 is 9.84 Å². The van der Waals surface area contributed by atoms with Gasteiger partial charge in [-0.1, -0.05) is 17.7 Å². The fourth-order valence-electron chi connectivity index (χ4n) is 3.01. The summed E-state index contributed by atoms with van der Waals surface area (Å²) in [6, 6.07) is 5.22. The molecular formula is C13H14ClNO3S. The summed E-state index contributed by atoms with van der Waals surface area (Å²) < 4.78 is 23.4. The van der Waals surface area contributed by atoms with E-state index >= 15 is 0 Å². The Kier molecular flexibility index (Phi) is 2.87. The Morgan fingerprint density at radius 1 is 1.32 bits per heavy atom.